The summed E-state index contributed by atoms with van der Waals surface area (Å²) in [4.78, 5) is 16.0. The number of anilines is 1. The summed E-state index contributed by atoms with van der Waals surface area (Å²) < 4.78 is 10.3. The van der Waals surface area contributed by atoms with Crippen molar-refractivity contribution in [1.82, 2.24) is 4.98 Å². The van der Waals surface area contributed by atoms with Crippen LogP contribution < -0.4 is 14.8 Å². The highest BCUT2D eigenvalue weighted by Gasteiger charge is 2.08. The lowest BCUT2D eigenvalue weighted by Crippen LogP contribution is -2.15. The zero-order chi connectivity index (χ0) is 14.4. The number of hydrogen-bond donors (Lipinski definition) is 1. The molecule has 20 heavy (non-hydrogen) atoms. The minimum atomic E-state index is -0.129. The summed E-state index contributed by atoms with van der Waals surface area (Å²) in [6, 6.07) is 10.7. The van der Waals surface area contributed by atoms with Crippen molar-refractivity contribution in [2.24, 2.45) is 0 Å². The van der Waals surface area contributed by atoms with Crippen LogP contribution in [0.3, 0.4) is 0 Å². The smallest absolute Gasteiger partial charge is 0.230 e. The molecule has 1 N–H and O–H groups in total. The standard InChI is InChI=1S/C15H16N2O3/c1-19-13-7-6-12(9-14(13)20-2)17-15(18)10-11-5-3-4-8-16-11/h3-9H,10H2,1-2H3,(H,17,18). The maximum absolute atomic E-state index is 11.9. The number of carbonyl (C=O) groups excluding carboxylic acids is 1. The van der Waals surface area contributed by atoms with Crippen LogP contribution in [-0.2, 0) is 11.2 Å². The van der Waals surface area contributed by atoms with Gasteiger partial charge >= 0.3 is 0 Å². The molecule has 0 saturated carbocycles. The Morgan fingerprint density at radius 3 is 2.60 bits per heavy atom. The molecule has 0 unspecified atom stereocenters. The largest absolute Gasteiger partial charge is 0.493 e. The third-order valence-corrected chi connectivity index (χ3v) is 2.74. The summed E-state index contributed by atoms with van der Waals surface area (Å²) in [6.07, 6.45) is 1.90. The Kier molecular flexibility index (Phi) is 4.55. The third kappa shape index (κ3) is 3.47. The van der Waals surface area contributed by atoms with E-state index in [2.05, 4.69) is 10.3 Å². The van der Waals surface area contributed by atoms with Crippen molar-refractivity contribution in [3.8, 4) is 11.5 Å². The van der Waals surface area contributed by atoms with Crippen molar-refractivity contribution in [2.75, 3.05) is 19.5 Å². The molecule has 1 aromatic carbocycles. The lowest BCUT2D eigenvalue weighted by atomic mass is 10.2. The van der Waals surface area contributed by atoms with Crippen LogP contribution in [0.4, 0.5) is 5.69 Å². The second-order valence-corrected chi connectivity index (χ2v) is 4.12. The summed E-state index contributed by atoms with van der Waals surface area (Å²) in [5, 5.41) is 2.80. The number of pyridine rings is 1. The highest BCUT2D eigenvalue weighted by molar-refractivity contribution is 5.92. The molecule has 2 aromatic rings. The van der Waals surface area contributed by atoms with Crippen LogP contribution in [0.2, 0.25) is 0 Å². The van der Waals surface area contributed by atoms with Gasteiger partial charge in [-0.2, -0.15) is 0 Å². The van der Waals surface area contributed by atoms with Gasteiger partial charge in [-0.05, 0) is 24.3 Å². The average Bonchev–Trinajstić information content (AvgIpc) is 2.48. The lowest BCUT2D eigenvalue weighted by Gasteiger charge is -2.10. The average molecular weight is 272 g/mol. The van der Waals surface area contributed by atoms with Crippen molar-refractivity contribution < 1.29 is 14.3 Å². The van der Waals surface area contributed by atoms with Crippen LogP contribution in [0.5, 0.6) is 11.5 Å². The van der Waals surface area contributed by atoms with E-state index in [9.17, 15) is 4.79 Å². The van der Waals surface area contributed by atoms with E-state index in [1.165, 1.54) is 0 Å². The Hall–Kier alpha value is -2.56. The number of nitrogens with one attached hydrogen (secondary N) is 1. The van der Waals surface area contributed by atoms with Crippen LogP contribution >= 0.6 is 0 Å². The summed E-state index contributed by atoms with van der Waals surface area (Å²) in [5.74, 6) is 1.06. The molecule has 0 spiro atoms. The molecule has 0 aliphatic rings. The Morgan fingerprint density at radius 2 is 1.95 bits per heavy atom. The molecular weight excluding hydrogens is 256 g/mol. The fourth-order valence-corrected chi connectivity index (χ4v) is 1.79. The van der Waals surface area contributed by atoms with Gasteiger partial charge in [0, 0.05) is 23.6 Å². The van der Waals surface area contributed by atoms with Crippen LogP contribution in [0.25, 0.3) is 0 Å². The van der Waals surface area contributed by atoms with Crippen molar-refractivity contribution in [3.05, 3.63) is 48.3 Å². The number of carbonyl (C=O) groups is 1. The number of aromatic nitrogens is 1. The van der Waals surface area contributed by atoms with Crippen molar-refractivity contribution in [3.63, 3.8) is 0 Å². The van der Waals surface area contributed by atoms with Gasteiger partial charge in [-0.25, -0.2) is 0 Å². The molecule has 0 bridgehead atoms. The predicted molar refractivity (Wildman–Crippen MR) is 76.1 cm³/mol. The monoisotopic (exact) mass is 272 g/mol. The molecule has 0 aliphatic heterocycles. The Morgan fingerprint density at radius 1 is 1.15 bits per heavy atom. The summed E-state index contributed by atoms with van der Waals surface area (Å²) in [6.45, 7) is 0. The first-order chi connectivity index (χ1) is 9.72. The molecule has 0 fully saturated rings. The topological polar surface area (TPSA) is 60.5 Å². The third-order valence-electron chi connectivity index (χ3n) is 2.74. The maximum atomic E-state index is 11.9. The van der Waals surface area contributed by atoms with E-state index in [1.807, 2.05) is 18.2 Å². The molecule has 0 atom stereocenters. The van der Waals surface area contributed by atoms with Gasteiger partial charge in [-0.15, -0.1) is 0 Å². The molecular formula is C15H16N2O3. The van der Waals surface area contributed by atoms with Crippen LogP contribution in [-0.4, -0.2) is 25.1 Å². The Bertz CT molecular complexity index is 585. The number of amides is 1. The van der Waals surface area contributed by atoms with Crippen LogP contribution in [0.1, 0.15) is 5.69 Å². The number of benzene rings is 1. The fourth-order valence-electron chi connectivity index (χ4n) is 1.79. The first-order valence-corrected chi connectivity index (χ1v) is 6.14. The van der Waals surface area contributed by atoms with Gasteiger partial charge in [0.25, 0.3) is 0 Å². The van der Waals surface area contributed by atoms with Crippen LogP contribution in [0, 0.1) is 0 Å². The molecule has 5 heteroatoms. The van der Waals surface area contributed by atoms with Crippen LogP contribution in [0.15, 0.2) is 42.6 Å². The second kappa shape index (κ2) is 6.56. The molecule has 5 nitrogen and oxygen atoms in total. The van der Waals surface area contributed by atoms with Gasteiger partial charge in [0.1, 0.15) is 0 Å². The summed E-state index contributed by atoms with van der Waals surface area (Å²) in [5.41, 5.74) is 1.38. The summed E-state index contributed by atoms with van der Waals surface area (Å²) >= 11 is 0. The van der Waals surface area contributed by atoms with E-state index < -0.39 is 0 Å². The zero-order valence-electron chi connectivity index (χ0n) is 11.4. The van der Waals surface area contributed by atoms with E-state index in [0.29, 0.717) is 17.2 Å². The molecule has 104 valence electrons. The van der Waals surface area contributed by atoms with E-state index in [-0.39, 0.29) is 12.3 Å². The van der Waals surface area contributed by atoms with Crippen molar-refractivity contribution in [1.29, 1.82) is 0 Å². The van der Waals surface area contributed by atoms with Gasteiger partial charge in [-0.3, -0.25) is 9.78 Å². The molecule has 2 rings (SSSR count). The van der Waals surface area contributed by atoms with Crippen molar-refractivity contribution >= 4 is 11.6 Å². The van der Waals surface area contributed by atoms with E-state index in [0.717, 1.165) is 5.69 Å². The van der Waals surface area contributed by atoms with Crippen molar-refractivity contribution in [2.45, 2.75) is 6.42 Å². The van der Waals surface area contributed by atoms with Gasteiger partial charge in [0.05, 0.1) is 20.6 Å². The maximum Gasteiger partial charge on any atom is 0.230 e. The molecule has 1 amide bonds. The molecule has 0 saturated heterocycles. The Labute approximate surface area is 117 Å². The number of ether oxygens (including phenoxy) is 2. The van der Waals surface area contributed by atoms with Gasteiger partial charge in [0.2, 0.25) is 5.91 Å². The van der Waals surface area contributed by atoms with Gasteiger partial charge in [0.15, 0.2) is 11.5 Å². The summed E-state index contributed by atoms with van der Waals surface area (Å²) in [7, 11) is 3.12. The minimum absolute atomic E-state index is 0.129. The number of methoxy groups -OCH3 is 2. The SMILES string of the molecule is COc1ccc(NC(=O)Cc2ccccn2)cc1OC. The molecule has 0 aliphatic carbocycles. The highest BCUT2D eigenvalue weighted by Crippen LogP contribution is 2.29. The second-order valence-electron chi connectivity index (χ2n) is 4.12. The molecule has 0 radical (unpaired) electrons. The van der Waals surface area contributed by atoms with E-state index in [1.54, 1.807) is 38.6 Å². The predicted octanol–water partition coefficient (Wildman–Crippen LogP) is 2.28. The number of nitrogens with zero attached hydrogens (tertiary/aromatic N) is 1. The normalized spacial score (nSPS) is 9.90. The number of hydrogen-bond acceptors (Lipinski definition) is 4. The number of rotatable bonds is 5. The fraction of sp³-hybridized carbons (Fsp3) is 0.200. The molecule has 1 aromatic heterocycles. The molecule has 1 heterocycles. The van der Waals surface area contributed by atoms with Gasteiger partial charge < -0.3 is 14.8 Å². The first kappa shape index (κ1) is 13.9. The zero-order valence-corrected chi connectivity index (χ0v) is 11.4. The first-order valence-electron chi connectivity index (χ1n) is 6.14. The Balaban J connectivity index is 2.04. The van der Waals surface area contributed by atoms with E-state index >= 15 is 0 Å². The van der Waals surface area contributed by atoms with E-state index in [4.69, 9.17) is 9.47 Å². The lowest BCUT2D eigenvalue weighted by molar-refractivity contribution is -0.115. The quantitative estimate of drug-likeness (QED) is 0.907. The highest BCUT2D eigenvalue weighted by atomic mass is 16.5. The van der Waals surface area contributed by atoms with Gasteiger partial charge in [-0.1, -0.05) is 6.07 Å². The minimum Gasteiger partial charge on any atom is -0.493 e.